The van der Waals surface area contributed by atoms with Crippen LogP contribution in [0.1, 0.15) is 30.6 Å². The number of H-pyrrole nitrogens is 1. The Balaban J connectivity index is 2.25. The number of aromatic nitrogens is 2. The van der Waals surface area contributed by atoms with Crippen molar-refractivity contribution in [2.45, 2.75) is 32.4 Å². The average Bonchev–Trinajstić information content (AvgIpc) is 2.64. The minimum absolute atomic E-state index is 0.244. The molecule has 0 spiro atoms. The molecular weight excluding hydrogens is 206 g/mol. The Bertz CT molecular complexity index is 301. The van der Waals surface area contributed by atoms with E-state index in [4.69, 9.17) is 4.74 Å². The Hall–Kier alpha value is -0.910. The molecule has 1 aromatic heterocycles. The monoisotopic (exact) mass is 227 g/mol. The average molecular weight is 227 g/mol. The van der Waals surface area contributed by atoms with Crippen molar-refractivity contribution in [3.63, 3.8) is 0 Å². The van der Waals surface area contributed by atoms with Crippen LogP contribution in [0.4, 0.5) is 0 Å². The smallest absolute Gasteiger partial charge is 0.0785 e. The maximum Gasteiger partial charge on any atom is 0.0785 e. The van der Waals surface area contributed by atoms with Crippen LogP contribution in [0.25, 0.3) is 0 Å². The standard InChI is InChI=1S/C11H21N3O2/c1-8(11-6-13-14-9(11)2)12-5-4-10(15)7-16-3/h6,8,10,12,15H,4-5,7H2,1-3H3,(H,13,14). The molecule has 5 heteroatoms. The fraction of sp³-hybridized carbons (Fsp3) is 0.727. The second kappa shape index (κ2) is 6.62. The number of hydrogen-bond acceptors (Lipinski definition) is 4. The number of aryl methyl sites for hydroxylation is 1. The summed E-state index contributed by atoms with van der Waals surface area (Å²) in [6, 6.07) is 0.244. The van der Waals surface area contributed by atoms with E-state index in [1.54, 1.807) is 7.11 Å². The van der Waals surface area contributed by atoms with Crippen LogP contribution in [0.3, 0.4) is 0 Å². The third-order valence-corrected chi connectivity index (χ3v) is 2.62. The van der Waals surface area contributed by atoms with Crippen LogP contribution in [0.2, 0.25) is 0 Å². The molecule has 0 amide bonds. The quantitative estimate of drug-likeness (QED) is 0.643. The molecule has 1 aromatic rings. The van der Waals surface area contributed by atoms with Crippen molar-refractivity contribution in [3.05, 3.63) is 17.5 Å². The molecule has 0 aliphatic carbocycles. The molecule has 0 saturated carbocycles. The summed E-state index contributed by atoms with van der Waals surface area (Å²) < 4.78 is 4.86. The molecule has 2 atom stereocenters. The van der Waals surface area contributed by atoms with Crippen LogP contribution in [0.15, 0.2) is 6.20 Å². The molecule has 0 radical (unpaired) electrons. The Kier molecular flexibility index (Phi) is 5.45. The zero-order valence-corrected chi connectivity index (χ0v) is 10.2. The molecule has 0 bridgehead atoms. The number of aromatic amines is 1. The van der Waals surface area contributed by atoms with Crippen LogP contribution in [0, 0.1) is 6.92 Å². The van der Waals surface area contributed by atoms with E-state index in [0.29, 0.717) is 13.0 Å². The highest BCUT2D eigenvalue weighted by Gasteiger charge is 2.10. The fourth-order valence-corrected chi connectivity index (χ4v) is 1.65. The molecule has 1 rings (SSSR count). The maximum absolute atomic E-state index is 9.46. The van der Waals surface area contributed by atoms with Crippen molar-refractivity contribution in [1.82, 2.24) is 15.5 Å². The lowest BCUT2D eigenvalue weighted by Crippen LogP contribution is -2.25. The molecule has 0 fully saturated rings. The van der Waals surface area contributed by atoms with E-state index in [1.165, 1.54) is 5.56 Å². The van der Waals surface area contributed by atoms with Gasteiger partial charge in [-0.3, -0.25) is 5.10 Å². The number of aliphatic hydroxyl groups excluding tert-OH is 1. The van der Waals surface area contributed by atoms with E-state index in [0.717, 1.165) is 12.2 Å². The van der Waals surface area contributed by atoms with E-state index in [1.807, 2.05) is 13.1 Å². The molecular formula is C11H21N3O2. The molecule has 1 heterocycles. The molecule has 92 valence electrons. The third-order valence-electron chi connectivity index (χ3n) is 2.62. The van der Waals surface area contributed by atoms with Crippen LogP contribution in [0.5, 0.6) is 0 Å². The van der Waals surface area contributed by atoms with Gasteiger partial charge in [0.2, 0.25) is 0 Å². The van der Waals surface area contributed by atoms with Gasteiger partial charge in [-0.2, -0.15) is 5.10 Å². The van der Waals surface area contributed by atoms with Crippen LogP contribution in [-0.4, -0.2) is 41.7 Å². The van der Waals surface area contributed by atoms with Gasteiger partial charge in [0.05, 0.1) is 18.9 Å². The van der Waals surface area contributed by atoms with Crippen LogP contribution in [-0.2, 0) is 4.74 Å². The van der Waals surface area contributed by atoms with Gasteiger partial charge >= 0.3 is 0 Å². The fourth-order valence-electron chi connectivity index (χ4n) is 1.65. The lowest BCUT2D eigenvalue weighted by Gasteiger charge is -2.15. The number of rotatable bonds is 7. The van der Waals surface area contributed by atoms with Gasteiger partial charge < -0.3 is 15.2 Å². The van der Waals surface area contributed by atoms with Crippen molar-refractivity contribution in [1.29, 1.82) is 0 Å². The molecule has 0 aliphatic rings. The first-order chi connectivity index (χ1) is 7.65. The Morgan fingerprint density at radius 2 is 2.38 bits per heavy atom. The summed E-state index contributed by atoms with van der Waals surface area (Å²) in [5, 5.41) is 19.7. The first-order valence-corrected chi connectivity index (χ1v) is 5.55. The summed E-state index contributed by atoms with van der Waals surface area (Å²) >= 11 is 0. The number of aliphatic hydroxyl groups is 1. The Labute approximate surface area is 96.2 Å². The van der Waals surface area contributed by atoms with Gasteiger partial charge in [-0.05, 0) is 26.8 Å². The van der Waals surface area contributed by atoms with Gasteiger partial charge in [0.1, 0.15) is 0 Å². The lowest BCUT2D eigenvalue weighted by molar-refractivity contribution is 0.0590. The summed E-state index contributed by atoms with van der Waals surface area (Å²) in [5.74, 6) is 0. The van der Waals surface area contributed by atoms with Crippen molar-refractivity contribution < 1.29 is 9.84 Å². The van der Waals surface area contributed by atoms with Gasteiger partial charge in [0, 0.05) is 24.4 Å². The summed E-state index contributed by atoms with van der Waals surface area (Å²) in [6.45, 7) is 5.23. The number of hydrogen-bond donors (Lipinski definition) is 3. The summed E-state index contributed by atoms with van der Waals surface area (Å²) in [5.41, 5.74) is 2.25. The maximum atomic E-state index is 9.46. The minimum Gasteiger partial charge on any atom is -0.391 e. The van der Waals surface area contributed by atoms with Crippen molar-refractivity contribution in [2.75, 3.05) is 20.3 Å². The summed E-state index contributed by atoms with van der Waals surface area (Å²) in [4.78, 5) is 0. The second-order valence-electron chi connectivity index (χ2n) is 4.02. The van der Waals surface area contributed by atoms with E-state index in [9.17, 15) is 5.11 Å². The zero-order chi connectivity index (χ0) is 12.0. The van der Waals surface area contributed by atoms with Gasteiger partial charge in [-0.25, -0.2) is 0 Å². The predicted molar refractivity (Wildman–Crippen MR) is 62.2 cm³/mol. The normalized spacial score (nSPS) is 15.0. The van der Waals surface area contributed by atoms with Crippen LogP contribution < -0.4 is 5.32 Å². The summed E-state index contributed by atoms with van der Waals surface area (Å²) in [6.07, 6.45) is 2.13. The molecule has 0 saturated heterocycles. The highest BCUT2D eigenvalue weighted by Crippen LogP contribution is 2.13. The molecule has 16 heavy (non-hydrogen) atoms. The SMILES string of the molecule is COCC(O)CCNC(C)c1cn[nH]c1C. The van der Waals surface area contributed by atoms with Gasteiger partial charge in [0.25, 0.3) is 0 Å². The van der Waals surface area contributed by atoms with Crippen molar-refractivity contribution >= 4 is 0 Å². The molecule has 5 nitrogen and oxygen atoms in total. The predicted octanol–water partition coefficient (Wildman–Crippen LogP) is 0.766. The third kappa shape index (κ3) is 3.92. The number of nitrogens with one attached hydrogen (secondary N) is 2. The van der Waals surface area contributed by atoms with E-state index in [2.05, 4.69) is 22.4 Å². The zero-order valence-electron chi connectivity index (χ0n) is 10.2. The van der Waals surface area contributed by atoms with Gasteiger partial charge in [-0.1, -0.05) is 0 Å². The molecule has 3 N–H and O–H groups in total. The first-order valence-electron chi connectivity index (χ1n) is 5.55. The first kappa shape index (κ1) is 13.2. The topological polar surface area (TPSA) is 70.2 Å². The largest absolute Gasteiger partial charge is 0.391 e. The Morgan fingerprint density at radius 3 is 2.94 bits per heavy atom. The number of nitrogens with zero attached hydrogens (tertiary/aromatic N) is 1. The van der Waals surface area contributed by atoms with Gasteiger partial charge in [-0.15, -0.1) is 0 Å². The molecule has 0 aromatic carbocycles. The Morgan fingerprint density at radius 1 is 1.62 bits per heavy atom. The second-order valence-corrected chi connectivity index (χ2v) is 4.02. The highest BCUT2D eigenvalue weighted by atomic mass is 16.5. The molecule has 2 unspecified atom stereocenters. The van der Waals surface area contributed by atoms with Crippen molar-refractivity contribution in [3.8, 4) is 0 Å². The van der Waals surface area contributed by atoms with Crippen molar-refractivity contribution in [2.24, 2.45) is 0 Å². The number of ether oxygens (including phenoxy) is 1. The minimum atomic E-state index is -0.393. The number of methoxy groups -OCH3 is 1. The highest BCUT2D eigenvalue weighted by molar-refractivity contribution is 5.18. The van der Waals surface area contributed by atoms with Crippen LogP contribution >= 0.6 is 0 Å². The van der Waals surface area contributed by atoms with E-state index < -0.39 is 6.10 Å². The molecule has 0 aliphatic heterocycles. The lowest BCUT2D eigenvalue weighted by atomic mass is 10.1. The van der Waals surface area contributed by atoms with Gasteiger partial charge in [0.15, 0.2) is 0 Å². The van der Waals surface area contributed by atoms with E-state index in [-0.39, 0.29) is 6.04 Å². The summed E-state index contributed by atoms with van der Waals surface area (Å²) in [7, 11) is 1.59. The van der Waals surface area contributed by atoms with E-state index >= 15 is 0 Å².